The Morgan fingerprint density at radius 3 is 0.750 bits per heavy atom. The summed E-state index contributed by atoms with van der Waals surface area (Å²) in [5.41, 5.74) is 11.1. The van der Waals surface area contributed by atoms with Crippen molar-refractivity contribution in [3.05, 3.63) is 262 Å². The maximum absolute atomic E-state index is 6.40. The fourth-order valence-corrected chi connectivity index (χ4v) is 17.5. The average Bonchev–Trinajstić information content (AvgIpc) is 1.62. The number of rotatable bonds is 44. The van der Waals surface area contributed by atoms with Gasteiger partial charge in [0.15, 0.2) is 0 Å². The van der Waals surface area contributed by atoms with E-state index in [0.29, 0.717) is 159 Å². The first kappa shape index (κ1) is 95.9. The molecule has 14 rings (SSSR count). The molecule has 16 atom stereocenters. The van der Waals surface area contributed by atoms with Crippen molar-refractivity contribution in [2.45, 2.75) is 93.5 Å². The monoisotopic (exact) mass is 1920 g/mol. The van der Waals surface area contributed by atoms with Gasteiger partial charge in [0.2, 0.25) is 0 Å². The van der Waals surface area contributed by atoms with Crippen LogP contribution in [0.4, 0.5) is 0 Å². The van der Waals surface area contributed by atoms with E-state index in [2.05, 4.69) is 222 Å². The molecule has 650 valence electrons. The molecule has 16 unspecified atom stereocenters. The van der Waals surface area contributed by atoms with Crippen LogP contribution in [0.3, 0.4) is 0 Å². The Morgan fingerprint density at radius 1 is 0.258 bits per heavy atom. The number of nitrogens with one attached hydrogen (secondary N) is 4. The Balaban J connectivity index is 0.00000701. The van der Waals surface area contributed by atoms with Gasteiger partial charge in [0.05, 0.1) is 132 Å². The van der Waals surface area contributed by atoms with Gasteiger partial charge in [-0.05, 0) is 82.6 Å². The van der Waals surface area contributed by atoms with E-state index in [0.717, 1.165) is 90.8 Å². The Labute approximate surface area is 771 Å². The summed E-state index contributed by atoms with van der Waals surface area (Å²) in [6.07, 6.45) is 18.0. The summed E-state index contributed by atoms with van der Waals surface area (Å²) in [7, 11) is 6.63. The van der Waals surface area contributed by atoms with E-state index in [-0.39, 0.29) is 121 Å². The summed E-state index contributed by atoms with van der Waals surface area (Å²) in [5.74, 6) is 15.4. The first-order valence-corrected chi connectivity index (χ1v) is 44.1. The second-order valence-electron chi connectivity index (χ2n) is 30.4. The van der Waals surface area contributed by atoms with Gasteiger partial charge >= 0.3 is 39.0 Å². The van der Waals surface area contributed by atoms with E-state index < -0.39 is 11.8 Å². The number of methoxy groups -OCH3 is 4. The smallest absolute Gasteiger partial charge is 0.663 e. The molecular formula is C96H112Br2N8O16Zn2. The fraction of sp³-hybridized carbons (Fsp3) is 0.458. The third kappa shape index (κ3) is 26.8. The molecule has 0 saturated carbocycles. The minimum Gasteiger partial charge on any atom is -0.663 e. The zero-order valence-electron chi connectivity index (χ0n) is 71.2. The molecule has 4 aromatic heterocycles. The van der Waals surface area contributed by atoms with Crippen LogP contribution in [0.15, 0.2) is 194 Å². The van der Waals surface area contributed by atoms with Crippen LogP contribution in [0.1, 0.15) is 113 Å². The quantitative estimate of drug-likeness (QED) is 0.00910. The number of fused-ring (bicyclic) bond motifs is 16. The molecule has 124 heavy (non-hydrogen) atoms. The van der Waals surface area contributed by atoms with E-state index in [4.69, 9.17) is 95.7 Å². The molecular weight excluding hydrogens is 1810 g/mol. The molecule has 0 saturated heterocycles. The van der Waals surface area contributed by atoms with Crippen LogP contribution in [0.5, 0.6) is 23.0 Å². The molecule has 0 spiro atoms. The number of nitrogens with zero attached hydrogens (tertiary/aromatic N) is 4. The van der Waals surface area contributed by atoms with Gasteiger partial charge in [-0.25, -0.2) is 0 Å². The number of hydrogen-bond acceptors (Lipinski definition) is 20. The minimum absolute atomic E-state index is 0. The van der Waals surface area contributed by atoms with Gasteiger partial charge in [-0.2, -0.15) is 22.8 Å². The van der Waals surface area contributed by atoms with Crippen molar-refractivity contribution in [2.75, 3.05) is 187 Å². The van der Waals surface area contributed by atoms with E-state index in [1.54, 1.807) is 28.4 Å². The summed E-state index contributed by atoms with van der Waals surface area (Å²) in [5, 5.41) is 16.2. The van der Waals surface area contributed by atoms with Crippen molar-refractivity contribution in [2.24, 2.45) is 0 Å². The number of aromatic nitrogens is 4. The Hall–Kier alpha value is -7.15. The molecule has 10 heterocycles. The topological polar surface area (TPSA) is 252 Å². The van der Waals surface area contributed by atoms with Crippen LogP contribution < -0.4 is 60.2 Å². The van der Waals surface area contributed by atoms with Crippen LogP contribution in [0, 0.1) is 23.7 Å². The van der Waals surface area contributed by atoms with Crippen LogP contribution >= 0.6 is 31.9 Å². The molecule has 0 amide bonds. The van der Waals surface area contributed by atoms with E-state index in [9.17, 15) is 0 Å². The number of halogens is 2. The molecule has 0 aliphatic carbocycles. The molecule has 28 heteroatoms. The molecule has 16 bridgehead atoms. The van der Waals surface area contributed by atoms with Gasteiger partial charge in [0, 0.05) is 122 Å². The number of benzene rings is 4. The minimum atomic E-state index is -0.493. The predicted octanol–water partition coefficient (Wildman–Crippen LogP) is 11.0. The largest absolute Gasteiger partial charge is 2.00 e. The third-order valence-electron chi connectivity index (χ3n) is 22.2. The maximum atomic E-state index is 6.40. The second kappa shape index (κ2) is 51.1. The van der Waals surface area contributed by atoms with Gasteiger partial charge in [0.1, 0.15) is 49.4 Å². The zero-order valence-corrected chi connectivity index (χ0v) is 80.3. The standard InChI is InChI=1S/C96H112Br2N8O16.2Zn/c1-107-37-41-111-45-49-115-53-57-119-69-15-7-11-65(61-69)91-79-25-21-75(99-79)73(76-22-26-80(100-76)92(84-30-34-88(104-84)95(97)87-33-29-83(91)103-87)66-12-8-16-70(62-66)120-58-54-116-50-46-112-42-38-108-2)19-5-6-20-74-77-23-27-81(101-77)93(67-13-9-17-71(63-67)121-59-55-117-51-47-113-43-39-109-3)85-31-35-89(105-85)96(98)90-36-32-86(106-90)94(82-28-24-78(74)102-82)68-14-10-18-72(64-68)122-60-56-118-52-48-114-44-40-110-4;;/h7-18,21-36,61-64,73-75,77,79,81,84,86,88,90-96,99,101,104,106H,37-60H2,1-4H3;;/q-4;2*+2. The molecule has 4 aromatic carbocycles. The zero-order chi connectivity index (χ0) is 83.9. The van der Waals surface area contributed by atoms with Crippen molar-refractivity contribution >= 4 is 31.9 Å². The van der Waals surface area contributed by atoms with Gasteiger partial charge in [-0.3, -0.25) is 0 Å². The van der Waals surface area contributed by atoms with Crippen LogP contribution in [0.2, 0.25) is 0 Å². The Morgan fingerprint density at radius 2 is 0.476 bits per heavy atom. The Kier molecular flexibility index (Phi) is 39.6. The van der Waals surface area contributed by atoms with Crippen molar-refractivity contribution in [3.8, 4) is 46.7 Å². The summed E-state index contributed by atoms with van der Waals surface area (Å²) in [6, 6.07) is 48.7. The first-order chi connectivity index (χ1) is 60.2. The normalized spacial score (nSPS) is 23.9. The predicted molar refractivity (Wildman–Crippen MR) is 472 cm³/mol. The van der Waals surface area contributed by atoms with Gasteiger partial charge in [-0.15, -0.1) is 22.8 Å². The maximum Gasteiger partial charge on any atom is 2.00 e. The van der Waals surface area contributed by atoms with Gasteiger partial charge in [-0.1, -0.05) is 189 Å². The van der Waals surface area contributed by atoms with E-state index in [1.807, 2.05) is 48.5 Å². The number of hydrogen-bond donors (Lipinski definition) is 4. The average molecular weight is 1920 g/mol. The number of ether oxygens (including phenoxy) is 16. The first-order valence-electron chi connectivity index (χ1n) is 42.3. The van der Waals surface area contributed by atoms with Crippen molar-refractivity contribution in [1.29, 1.82) is 0 Å². The third-order valence-corrected chi connectivity index (χ3v) is 24.3. The molecule has 0 fully saturated rings. The van der Waals surface area contributed by atoms with Crippen LogP contribution in [-0.2, 0) is 95.8 Å². The molecule has 24 nitrogen and oxygen atoms in total. The van der Waals surface area contributed by atoms with Crippen molar-refractivity contribution in [1.82, 2.24) is 41.2 Å². The summed E-state index contributed by atoms with van der Waals surface area (Å²) in [6.45, 7) is 10.9. The molecule has 6 aliphatic rings. The van der Waals surface area contributed by atoms with Crippen molar-refractivity contribution in [3.63, 3.8) is 0 Å². The Bertz CT molecular complexity index is 4490. The second-order valence-corrected chi connectivity index (χ2v) is 32.3. The van der Waals surface area contributed by atoms with Crippen LogP contribution in [-0.4, -0.2) is 235 Å². The van der Waals surface area contributed by atoms with E-state index >= 15 is 0 Å². The van der Waals surface area contributed by atoms with Crippen molar-refractivity contribution < 1.29 is 115 Å². The molecule has 6 aliphatic heterocycles. The summed E-state index contributed by atoms with van der Waals surface area (Å²) >= 11 is 8.31. The van der Waals surface area contributed by atoms with E-state index in [1.165, 1.54) is 0 Å². The summed E-state index contributed by atoms with van der Waals surface area (Å²) < 4.78 is 92.1. The summed E-state index contributed by atoms with van der Waals surface area (Å²) in [4.78, 5) is 22.1. The number of alkyl halides is 2. The SMILES string of the molecule is COCCOCCOCCOc1cccc(C2c3ccc([n-]3)C(C#CC#CC3c4ccc([n-]4)C(c4cccc(OCCOCCOCCOC)c4)C4C=CC(N4)C(Br)c4ccc([n-]4)C(c4cccc(OCCOCCOCCOC)c4)C4C=CC3N4)C3C=CC(N3)C(c3cccc(OCCOCCOCCOC)c3)c3ccc([n-]3)C(Br)C3C=CC2N3)c1.[Zn+2].[Zn+2]. The molecule has 0 radical (unpaired) electrons. The van der Waals surface area contributed by atoms with Crippen LogP contribution in [0.25, 0.3) is 0 Å². The van der Waals surface area contributed by atoms with Gasteiger partial charge in [0.25, 0.3) is 0 Å². The fourth-order valence-electron chi connectivity index (χ4n) is 16.3. The molecule has 4 N–H and O–H groups in total. The van der Waals surface area contributed by atoms with Gasteiger partial charge < -0.3 is 117 Å². The molecule has 8 aromatic rings.